The molecule has 2 aromatic rings. The third-order valence-corrected chi connectivity index (χ3v) is 5.54. The number of nitrogens with one attached hydrogen (secondary N) is 1. The third-order valence-electron chi connectivity index (χ3n) is 4.51. The van der Waals surface area contributed by atoms with Gasteiger partial charge < -0.3 is 5.32 Å². The molecule has 2 aliphatic rings. The number of aromatic nitrogens is 3. The van der Waals surface area contributed by atoms with Crippen molar-refractivity contribution in [3.8, 4) is 0 Å². The van der Waals surface area contributed by atoms with E-state index in [0.717, 1.165) is 51.3 Å². The molecule has 1 N–H and O–H groups in total. The Hall–Kier alpha value is -1.24. The summed E-state index contributed by atoms with van der Waals surface area (Å²) in [5.41, 5.74) is 2.60. The Morgan fingerprint density at radius 1 is 1.33 bits per heavy atom. The van der Waals surface area contributed by atoms with Crippen LogP contribution in [0.25, 0.3) is 0 Å². The van der Waals surface area contributed by atoms with Crippen molar-refractivity contribution in [1.82, 2.24) is 25.2 Å². The van der Waals surface area contributed by atoms with Gasteiger partial charge in [0.25, 0.3) is 0 Å². The Labute approximate surface area is 129 Å². The first-order valence-corrected chi connectivity index (χ1v) is 8.65. The van der Waals surface area contributed by atoms with Crippen LogP contribution in [0.1, 0.15) is 35.0 Å². The molecule has 112 valence electrons. The lowest BCUT2D eigenvalue weighted by molar-refractivity contribution is 0.244. The van der Waals surface area contributed by atoms with Crippen LogP contribution < -0.4 is 5.32 Å². The normalized spacial score (nSPS) is 20.6. The van der Waals surface area contributed by atoms with E-state index in [1.54, 1.807) is 4.88 Å². The van der Waals surface area contributed by atoms with E-state index in [1.807, 2.05) is 11.3 Å². The largest absolute Gasteiger partial charge is 0.317 e. The summed E-state index contributed by atoms with van der Waals surface area (Å²) in [6.07, 6.45) is 5.64. The van der Waals surface area contributed by atoms with E-state index in [2.05, 4.69) is 42.9 Å². The molecule has 2 aromatic heterocycles. The zero-order valence-electron chi connectivity index (χ0n) is 12.2. The highest BCUT2D eigenvalue weighted by molar-refractivity contribution is 7.10. The highest BCUT2D eigenvalue weighted by Crippen LogP contribution is 2.25. The van der Waals surface area contributed by atoms with E-state index >= 15 is 0 Å². The number of piperidine rings is 1. The summed E-state index contributed by atoms with van der Waals surface area (Å²) < 4.78 is 2.08. The van der Waals surface area contributed by atoms with Crippen molar-refractivity contribution in [3.05, 3.63) is 33.8 Å². The molecule has 0 unspecified atom stereocenters. The molecule has 21 heavy (non-hydrogen) atoms. The third kappa shape index (κ3) is 2.88. The van der Waals surface area contributed by atoms with Gasteiger partial charge in [-0.1, -0.05) is 5.21 Å². The molecule has 0 aromatic carbocycles. The second kappa shape index (κ2) is 5.87. The summed E-state index contributed by atoms with van der Waals surface area (Å²) in [7, 11) is 0. The maximum absolute atomic E-state index is 4.38. The Morgan fingerprint density at radius 2 is 2.24 bits per heavy atom. The molecule has 0 radical (unpaired) electrons. The maximum atomic E-state index is 4.38. The SMILES string of the molecule is c1cc2c(s1)CCN(Cc1cn(C3CCNCC3)nn1)C2. The number of thiophene rings is 1. The highest BCUT2D eigenvalue weighted by Gasteiger charge is 2.20. The molecular formula is C15H21N5S. The van der Waals surface area contributed by atoms with Crippen molar-refractivity contribution in [2.24, 2.45) is 0 Å². The number of rotatable bonds is 3. The Balaban J connectivity index is 1.40. The minimum Gasteiger partial charge on any atom is -0.317 e. The molecule has 1 saturated heterocycles. The number of hydrogen-bond donors (Lipinski definition) is 1. The fraction of sp³-hybridized carbons (Fsp3) is 0.600. The Kier molecular flexibility index (Phi) is 3.75. The lowest BCUT2D eigenvalue weighted by atomic mass is 10.1. The van der Waals surface area contributed by atoms with E-state index in [0.29, 0.717) is 6.04 Å². The van der Waals surface area contributed by atoms with Crippen molar-refractivity contribution in [1.29, 1.82) is 0 Å². The first-order valence-electron chi connectivity index (χ1n) is 7.77. The molecule has 6 heteroatoms. The smallest absolute Gasteiger partial charge is 0.0967 e. The molecule has 1 fully saturated rings. The fourth-order valence-electron chi connectivity index (χ4n) is 3.31. The second-order valence-electron chi connectivity index (χ2n) is 6.00. The van der Waals surface area contributed by atoms with E-state index in [1.165, 1.54) is 12.0 Å². The lowest BCUT2D eigenvalue weighted by Crippen LogP contribution is -2.30. The van der Waals surface area contributed by atoms with Crippen molar-refractivity contribution >= 4 is 11.3 Å². The van der Waals surface area contributed by atoms with Crippen LogP contribution in [-0.2, 0) is 19.5 Å². The van der Waals surface area contributed by atoms with Crippen molar-refractivity contribution in [2.45, 2.75) is 38.4 Å². The fourth-order valence-corrected chi connectivity index (χ4v) is 4.20. The molecular weight excluding hydrogens is 282 g/mol. The van der Waals surface area contributed by atoms with Crippen LogP contribution in [0.15, 0.2) is 17.6 Å². The standard InChI is InChI=1S/C15H21N5S/c1-5-16-6-2-14(1)20-11-13(17-18-20)10-19-7-3-15-12(9-19)4-8-21-15/h4,8,11,14,16H,1-3,5-7,9-10H2. The molecule has 0 saturated carbocycles. The van der Waals surface area contributed by atoms with Crippen LogP contribution in [-0.4, -0.2) is 39.5 Å². The summed E-state index contributed by atoms with van der Waals surface area (Å²) in [5.74, 6) is 0. The topological polar surface area (TPSA) is 46.0 Å². The second-order valence-corrected chi connectivity index (χ2v) is 7.00. The van der Waals surface area contributed by atoms with E-state index in [9.17, 15) is 0 Å². The van der Waals surface area contributed by atoms with Crippen molar-refractivity contribution in [2.75, 3.05) is 19.6 Å². The lowest BCUT2D eigenvalue weighted by Gasteiger charge is -2.25. The van der Waals surface area contributed by atoms with Gasteiger partial charge in [-0.15, -0.1) is 16.4 Å². The van der Waals surface area contributed by atoms with Crippen molar-refractivity contribution in [3.63, 3.8) is 0 Å². The zero-order chi connectivity index (χ0) is 14.1. The van der Waals surface area contributed by atoms with Gasteiger partial charge >= 0.3 is 0 Å². The number of nitrogens with zero attached hydrogens (tertiary/aromatic N) is 4. The van der Waals surface area contributed by atoms with Crippen LogP contribution in [0.3, 0.4) is 0 Å². The average molecular weight is 303 g/mol. The van der Waals surface area contributed by atoms with Crippen molar-refractivity contribution < 1.29 is 0 Å². The van der Waals surface area contributed by atoms with Gasteiger partial charge in [0.1, 0.15) is 0 Å². The van der Waals surface area contributed by atoms with Gasteiger partial charge in [0.15, 0.2) is 0 Å². The maximum Gasteiger partial charge on any atom is 0.0967 e. The van der Waals surface area contributed by atoms with Crippen LogP contribution >= 0.6 is 11.3 Å². The predicted octanol–water partition coefficient (Wildman–Crippen LogP) is 1.82. The van der Waals surface area contributed by atoms with Gasteiger partial charge in [-0.3, -0.25) is 4.90 Å². The molecule has 0 spiro atoms. The number of fused-ring (bicyclic) bond motifs is 1. The van der Waals surface area contributed by atoms with Gasteiger partial charge in [0.05, 0.1) is 17.9 Å². The minimum atomic E-state index is 0.525. The van der Waals surface area contributed by atoms with Gasteiger partial charge in [0, 0.05) is 24.5 Å². The van der Waals surface area contributed by atoms with Crippen LogP contribution in [0.4, 0.5) is 0 Å². The van der Waals surface area contributed by atoms with Gasteiger partial charge in [-0.05, 0) is 49.4 Å². The quantitative estimate of drug-likeness (QED) is 0.939. The minimum absolute atomic E-state index is 0.525. The molecule has 4 heterocycles. The zero-order valence-corrected chi connectivity index (χ0v) is 13.0. The summed E-state index contributed by atoms with van der Waals surface area (Å²) in [5, 5.41) is 14.3. The molecule has 5 nitrogen and oxygen atoms in total. The molecule has 4 rings (SSSR count). The summed E-state index contributed by atoms with van der Waals surface area (Å²) in [6, 6.07) is 2.79. The van der Waals surface area contributed by atoms with E-state index in [4.69, 9.17) is 0 Å². The molecule has 0 bridgehead atoms. The molecule has 0 amide bonds. The van der Waals surface area contributed by atoms with Crippen LogP contribution in [0.5, 0.6) is 0 Å². The first kappa shape index (κ1) is 13.4. The van der Waals surface area contributed by atoms with Crippen LogP contribution in [0.2, 0.25) is 0 Å². The molecule has 2 aliphatic heterocycles. The van der Waals surface area contributed by atoms with Gasteiger partial charge in [-0.2, -0.15) is 0 Å². The highest BCUT2D eigenvalue weighted by atomic mass is 32.1. The van der Waals surface area contributed by atoms with E-state index in [-0.39, 0.29) is 0 Å². The first-order chi connectivity index (χ1) is 10.4. The monoisotopic (exact) mass is 303 g/mol. The Morgan fingerprint density at radius 3 is 3.14 bits per heavy atom. The average Bonchev–Trinajstić information content (AvgIpc) is 3.17. The predicted molar refractivity (Wildman–Crippen MR) is 83.3 cm³/mol. The van der Waals surface area contributed by atoms with Crippen LogP contribution in [0, 0.1) is 0 Å². The van der Waals surface area contributed by atoms with E-state index < -0.39 is 0 Å². The summed E-state index contributed by atoms with van der Waals surface area (Å²) >= 11 is 1.89. The van der Waals surface area contributed by atoms with Gasteiger partial charge in [-0.25, -0.2) is 4.68 Å². The number of hydrogen-bond acceptors (Lipinski definition) is 5. The summed E-state index contributed by atoms with van der Waals surface area (Å²) in [4.78, 5) is 4.04. The Bertz CT molecular complexity index is 599. The van der Waals surface area contributed by atoms with Gasteiger partial charge in [0.2, 0.25) is 0 Å². The molecule has 0 aliphatic carbocycles. The summed E-state index contributed by atoms with van der Waals surface area (Å²) in [6.45, 7) is 5.28. The molecule has 0 atom stereocenters.